The van der Waals surface area contributed by atoms with E-state index in [0.29, 0.717) is 16.5 Å². The van der Waals surface area contributed by atoms with Crippen molar-refractivity contribution in [3.8, 4) is 11.4 Å². The molecule has 1 amide bonds. The van der Waals surface area contributed by atoms with Crippen LogP contribution >= 0.6 is 11.8 Å². The van der Waals surface area contributed by atoms with Crippen molar-refractivity contribution in [2.45, 2.75) is 30.2 Å². The van der Waals surface area contributed by atoms with Crippen molar-refractivity contribution in [2.75, 3.05) is 18.9 Å². The first-order valence-corrected chi connectivity index (χ1v) is 8.36. The molecule has 1 fully saturated rings. The Labute approximate surface area is 137 Å². The van der Waals surface area contributed by atoms with E-state index in [0.717, 1.165) is 25.9 Å². The summed E-state index contributed by atoms with van der Waals surface area (Å²) in [5.41, 5.74) is 0.547. The minimum absolute atomic E-state index is 0.0859. The number of aromatic nitrogens is 3. The molecule has 2 heterocycles. The Balaban J connectivity index is 1.75. The molecule has 0 spiro atoms. The molecule has 0 radical (unpaired) electrons. The van der Waals surface area contributed by atoms with Gasteiger partial charge in [-0.05, 0) is 31.9 Å². The average Bonchev–Trinajstić information content (AvgIpc) is 3.17. The number of hydrogen-bond donors (Lipinski definition) is 1. The summed E-state index contributed by atoms with van der Waals surface area (Å²) in [6.07, 6.45) is 2.11. The number of thioether (sulfide) groups is 1. The smallest absolute Gasteiger partial charge is 0.235 e. The quantitative estimate of drug-likeness (QED) is 0.682. The van der Waals surface area contributed by atoms with Crippen LogP contribution in [0.4, 0.5) is 4.39 Å². The Hall–Kier alpha value is -2.09. The van der Waals surface area contributed by atoms with Gasteiger partial charge in [-0.2, -0.15) is 0 Å². The van der Waals surface area contributed by atoms with Gasteiger partial charge < -0.3 is 10.7 Å². The van der Waals surface area contributed by atoms with Crippen LogP contribution in [0.3, 0.4) is 0 Å². The third-order valence-electron chi connectivity index (χ3n) is 3.80. The summed E-state index contributed by atoms with van der Waals surface area (Å²) in [5, 5.41) is 8.18. The largest absolute Gasteiger partial charge is 0.342 e. The number of nitrogens with two attached hydrogens (primary N) is 1. The van der Waals surface area contributed by atoms with Gasteiger partial charge in [0, 0.05) is 18.7 Å². The van der Waals surface area contributed by atoms with E-state index in [1.165, 1.54) is 28.6 Å². The zero-order chi connectivity index (χ0) is 16.4. The van der Waals surface area contributed by atoms with Gasteiger partial charge in [-0.1, -0.05) is 23.9 Å². The van der Waals surface area contributed by atoms with Crippen LogP contribution in [0.25, 0.3) is 11.4 Å². The van der Waals surface area contributed by atoms with Crippen molar-refractivity contribution in [2.24, 2.45) is 0 Å². The van der Waals surface area contributed by atoms with E-state index in [2.05, 4.69) is 10.2 Å². The number of nitrogen functional groups attached to an aromatic ring is 1. The minimum atomic E-state index is -0.364. The molecule has 8 heteroatoms. The molecule has 1 aliphatic heterocycles. The van der Waals surface area contributed by atoms with E-state index in [9.17, 15) is 9.18 Å². The van der Waals surface area contributed by atoms with E-state index < -0.39 is 0 Å². The van der Waals surface area contributed by atoms with E-state index in [1.54, 1.807) is 12.1 Å². The second-order valence-corrected chi connectivity index (χ2v) is 6.79. The second kappa shape index (κ2) is 6.57. The number of amides is 1. The molecule has 1 aromatic heterocycles. The Morgan fingerprint density at radius 3 is 2.78 bits per heavy atom. The molecule has 23 heavy (non-hydrogen) atoms. The van der Waals surface area contributed by atoms with Crippen molar-refractivity contribution >= 4 is 17.7 Å². The Morgan fingerprint density at radius 2 is 2.09 bits per heavy atom. The molecule has 122 valence electrons. The molecule has 0 bridgehead atoms. The van der Waals surface area contributed by atoms with Gasteiger partial charge in [-0.15, -0.1) is 10.2 Å². The normalized spacial score (nSPS) is 15.8. The van der Waals surface area contributed by atoms with Gasteiger partial charge in [0.05, 0.1) is 5.25 Å². The van der Waals surface area contributed by atoms with E-state index in [1.807, 2.05) is 11.8 Å². The third kappa shape index (κ3) is 3.31. The summed E-state index contributed by atoms with van der Waals surface area (Å²) in [5.74, 6) is 6.10. The van der Waals surface area contributed by atoms with Crippen molar-refractivity contribution in [3.63, 3.8) is 0 Å². The molecule has 1 saturated heterocycles. The van der Waals surface area contributed by atoms with E-state index in [-0.39, 0.29) is 17.0 Å². The van der Waals surface area contributed by atoms with Crippen LogP contribution in [0.1, 0.15) is 19.8 Å². The molecule has 3 rings (SSSR count). The number of rotatable bonds is 4. The minimum Gasteiger partial charge on any atom is -0.342 e. The zero-order valence-corrected chi connectivity index (χ0v) is 13.6. The second-order valence-electron chi connectivity index (χ2n) is 5.48. The standard InChI is InChI=1S/C15H18FN5OS/c1-10(14(22)20-7-2-3-8-20)23-15-19-18-13(21(15)17)11-5-4-6-12(16)9-11/h4-6,9-10H,2-3,7-8,17H2,1H3/t10-/m0/s1. The molecule has 2 aromatic rings. The summed E-state index contributed by atoms with van der Waals surface area (Å²) in [7, 11) is 0. The van der Waals surface area contributed by atoms with Gasteiger partial charge in [0.15, 0.2) is 5.82 Å². The summed E-state index contributed by atoms with van der Waals surface area (Å²) in [6.45, 7) is 3.46. The number of carbonyl (C=O) groups excluding carboxylic acids is 1. The summed E-state index contributed by atoms with van der Waals surface area (Å²) >= 11 is 1.26. The van der Waals surface area contributed by atoms with Crippen molar-refractivity contribution in [1.29, 1.82) is 0 Å². The van der Waals surface area contributed by atoms with Crippen LogP contribution in [0.2, 0.25) is 0 Å². The Kier molecular flexibility index (Phi) is 4.51. The molecule has 2 N–H and O–H groups in total. The molecule has 1 aliphatic rings. The highest BCUT2D eigenvalue weighted by Crippen LogP contribution is 2.26. The third-order valence-corrected chi connectivity index (χ3v) is 4.84. The average molecular weight is 335 g/mol. The van der Waals surface area contributed by atoms with Gasteiger partial charge in [0.2, 0.25) is 11.1 Å². The lowest BCUT2D eigenvalue weighted by Gasteiger charge is -2.19. The first-order chi connectivity index (χ1) is 11.1. The van der Waals surface area contributed by atoms with Crippen LogP contribution in [0, 0.1) is 5.82 Å². The fraction of sp³-hybridized carbons (Fsp3) is 0.400. The Morgan fingerprint density at radius 1 is 1.35 bits per heavy atom. The molecular weight excluding hydrogens is 317 g/mol. The van der Waals surface area contributed by atoms with Crippen LogP contribution in [0.15, 0.2) is 29.4 Å². The number of likely N-dealkylation sites (tertiary alicyclic amines) is 1. The van der Waals surface area contributed by atoms with Crippen LogP contribution in [-0.4, -0.2) is 44.0 Å². The maximum atomic E-state index is 13.3. The molecular formula is C15H18FN5OS. The number of nitrogens with zero attached hydrogens (tertiary/aromatic N) is 4. The summed E-state index contributed by atoms with van der Waals surface area (Å²) in [6, 6.07) is 6.00. The van der Waals surface area contributed by atoms with Gasteiger partial charge in [-0.3, -0.25) is 4.79 Å². The zero-order valence-electron chi connectivity index (χ0n) is 12.8. The topological polar surface area (TPSA) is 77.0 Å². The number of hydrogen-bond acceptors (Lipinski definition) is 5. The van der Waals surface area contributed by atoms with Gasteiger partial charge in [0.25, 0.3) is 0 Å². The fourth-order valence-corrected chi connectivity index (χ4v) is 3.44. The fourth-order valence-electron chi connectivity index (χ4n) is 2.58. The van der Waals surface area contributed by atoms with Gasteiger partial charge >= 0.3 is 0 Å². The number of benzene rings is 1. The molecule has 0 unspecified atom stereocenters. The summed E-state index contributed by atoms with van der Waals surface area (Å²) < 4.78 is 14.6. The first-order valence-electron chi connectivity index (χ1n) is 7.48. The maximum absolute atomic E-state index is 13.3. The predicted octanol–water partition coefficient (Wildman–Crippen LogP) is 1.90. The van der Waals surface area contributed by atoms with Crippen LogP contribution in [0.5, 0.6) is 0 Å². The van der Waals surface area contributed by atoms with Gasteiger partial charge in [0.1, 0.15) is 5.82 Å². The van der Waals surface area contributed by atoms with Crippen molar-refractivity contribution in [1.82, 2.24) is 19.8 Å². The highest BCUT2D eigenvalue weighted by molar-refractivity contribution is 8.00. The molecule has 1 atom stereocenters. The lowest BCUT2D eigenvalue weighted by Crippen LogP contribution is -2.34. The maximum Gasteiger partial charge on any atom is 0.235 e. The molecule has 0 saturated carbocycles. The highest BCUT2D eigenvalue weighted by atomic mass is 32.2. The lowest BCUT2D eigenvalue weighted by molar-refractivity contribution is -0.129. The van der Waals surface area contributed by atoms with Crippen molar-refractivity contribution in [3.05, 3.63) is 30.1 Å². The monoisotopic (exact) mass is 335 g/mol. The Bertz CT molecular complexity index is 714. The van der Waals surface area contributed by atoms with Crippen LogP contribution < -0.4 is 5.84 Å². The van der Waals surface area contributed by atoms with Gasteiger partial charge in [-0.25, -0.2) is 9.07 Å². The molecule has 0 aliphatic carbocycles. The summed E-state index contributed by atoms with van der Waals surface area (Å²) in [4.78, 5) is 14.2. The number of carbonyl (C=O) groups is 1. The number of halogens is 1. The van der Waals surface area contributed by atoms with E-state index in [4.69, 9.17) is 5.84 Å². The first kappa shape index (κ1) is 15.8. The van der Waals surface area contributed by atoms with E-state index >= 15 is 0 Å². The van der Waals surface area contributed by atoms with Crippen LogP contribution in [-0.2, 0) is 4.79 Å². The predicted molar refractivity (Wildman–Crippen MR) is 86.7 cm³/mol. The SMILES string of the molecule is C[C@H](Sc1nnc(-c2cccc(F)c2)n1N)C(=O)N1CCCC1. The lowest BCUT2D eigenvalue weighted by atomic mass is 10.2. The molecule has 1 aromatic carbocycles. The van der Waals surface area contributed by atoms with Crippen molar-refractivity contribution < 1.29 is 9.18 Å². The molecule has 6 nitrogen and oxygen atoms in total. The highest BCUT2D eigenvalue weighted by Gasteiger charge is 2.26.